The number of likely N-dealkylation sites (tertiary alicyclic amines) is 2. The summed E-state index contributed by atoms with van der Waals surface area (Å²) in [4.78, 5) is 54.7. The second kappa shape index (κ2) is 8.00. The van der Waals surface area contributed by atoms with Crippen molar-refractivity contribution in [3.05, 3.63) is 0 Å². The van der Waals surface area contributed by atoms with E-state index < -0.39 is 18.0 Å². The Morgan fingerprint density at radius 1 is 1.27 bits per heavy atom. The van der Waals surface area contributed by atoms with Crippen LogP contribution in [0.3, 0.4) is 0 Å². The lowest BCUT2D eigenvalue weighted by Gasteiger charge is -2.34. The molecule has 0 bridgehead atoms. The minimum atomic E-state index is -0.784. The maximum absolute atomic E-state index is 13.5. The van der Waals surface area contributed by atoms with Gasteiger partial charge in [-0.2, -0.15) is 5.26 Å². The van der Waals surface area contributed by atoms with Gasteiger partial charge in [-0.25, -0.2) is 0 Å². The molecule has 180 valence electrons. The highest BCUT2D eigenvalue weighted by atomic mass is 16.2. The summed E-state index contributed by atoms with van der Waals surface area (Å²) in [5, 5.41) is 15.2. The SMILES string of the molecule is CC1(C)[C@@H]2[C@@H](C(=O)N[C@H](C#N)C[C@@H]3CCNC3=O)N(C(=O)[C@@H]3CC(=O)N(C(C)(C)C)C3)C[C@@H]21. The number of carbonyl (C=O) groups excluding carboxylic acids is 4. The van der Waals surface area contributed by atoms with E-state index in [4.69, 9.17) is 0 Å². The number of hydrogen-bond acceptors (Lipinski definition) is 5. The van der Waals surface area contributed by atoms with Crippen molar-refractivity contribution in [1.29, 1.82) is 5.26 Å². The first-order chi connectivity index (χ1) is 15.4. The molecule has 33 heavy (non-hydrogen) atoms. The van der Waals surface area contributed by atoms with Crippen LogP contribution in [0.4, 0.5) is 0 Å². The lowest BCUT2D eigenvalue weighted by molar-refractivity contribution is -0.143. The lowest BCUT2D eigenvalue weighted by atomic mass is 9.96. The molecule has 3 saturated heterocycles. The normalized spacial score (nSPS) is 33.4. The van der Waals surface area contributed by atoms with Gasteiger partial charge in [0.2, 0.25) is 23.6 Å². The molecule has 9 nitrogen and oxygen atoms in total. The van der Waals surface area contributed by atoms with Crippen LogP contribution in [-0.2, 0) is 19.2 Å². The van der Waals surface area contributed by atoms with Crippen molar-refractivity contribution in [2.75, 3.05) is 19.6 Å². The molecular formula is C24H35N5O4. The fourth-order valence-electron chi connectivity index (χ4n) is 6.12. The van der Waals surface area contributed by atoms with Crippen molar-refractivity contribution >= 4 is 23.6 Å². The fourth-order valence-corrected chi connectivity index (χ4v) is 6.12. The predicted octanol–water partition coefficient (Wildman–Crippen LogP) is 0.651. The van der Waals surface area contributed by atoms with Crippen molar-refractivity contribution in [1.82, 2.24) is 20.4 Å². The number of amides is 4. The molecule has 0 aromatic heterocycles. The maximum Gasteiger partial charge on any atom is 0.244 e. The summed E-state index contributed by atoms with van der Waals surface area (Å²) in [5.41, 5.74) is -0.403. The third kappa shape index (κ3) is 4.09. The minimum absolute atomic E-state index is 0.0337. The summed E-state index contributed by atoms with van der Waals surface area (Å²) >= 11 is 0. The summed E-state index contributed by atoms with van der Waals surface area (Å²) in [6.07, 6.45) is 1.08. The molecule has 2 N–H and O–H groups in total. The molecule has 1 aliphatic carbocycles. The second-order valence-electron chi connectivity index (χ2n) is 11.7. The van der Waals surface area contributed by atoms with Crippen LogP contribution in [0.1, 0.15) is 53.9 Å². The first-order valence-electron chi connectivity index (χ1n) is 11.9. The average Bonchev–Trinajstić information content (AvgIpc) is 3.22. The van der Waals surface area contributed by atoms with Gasteiger partial charge in [0.05, 0.1) is 12.0 Å². The van der Waals surface area contributed by atoms with Crippen LogP contribution < -0.4 is 10.6 Å². The quantitative estimate of drug-likeness (QED) is 0.628. The van der Waals surface area contributed by atoms with Gasteiger partial charge in [0, 0.05) is 37.5 Å². The van der Waals surface area contributed by atoms with Gasteiger partial charge < -0.3 is 20.4 Å². The van der Waals surface area contributed by atoms with E-state index in [1.165, 1.54) is 0 Å². The van der Waals surface area contributed by atoms with Crippen LogP contribution in [0.5, 0.6) is 0 Å². The molecule has 4 rings (SSSR count). The molecule has 0 unspecified atom stereocenters. The fraction of sp³-hybridized carbons (Fsp3) is 0.792. The van der Waals surface area contributed by atoms with Crippen LogP contribution in [0, 0.1) is 40.4 Å². The highest BCUT2D eigenvalue weighted by Gasteiger charge is 2.69. The van der Waals surface area contributed by atoms with E-state index >= 15 is 0 Å². The van der Waals surface area contributed by atoms with Crippen molar-refractivity contribution in [3.8, 4) is 6.07 Å². The van der Waals surface area contributed by atoms with Gasteiger partial charge in [0.1, 0.15) is 12.1 Å². The Labute approximate surface area is 195 Å². The molecule has 3 aliphatic heterocycles. The summed E-state index contributed by atoms with van der Waals surface area (Å²) in [7, 11) is 0. The minimum Gasteiger partial charge on any atom is -0.356 e. The van der Waals surface area contributed by atoms with E-state index in [9.17, 15) is 24.4 Å². The Kier molecular flexibility index (Phi) is 5.70. The zero-order valence-electron chi connectivity index (χ0n) is 20.2. The number of hydrogen-bond donors (Lipinski definition) is 2. The smallest absolute Gasteiger partial charge is 0.244 e. The van der Waals surface area contributed by atoms with E-state index in [-0.39, 0.29) is 65.2 Å². The third-order valence-electron chi connectivity index (χ3n) is 8.20. The molecule has 0 radical (unpaired) electrons. The first-order valence-corrected chi connectivity index (χ1v) is 11.9. The molecule has 3 heterocycles. The number of piperidine rings is 1. The molecule has 1 saturated carbocycles. The molecule has 9 heteroatoms. The number of fused-ring (bicyclic) bond motifs is 1. The van der Waals surface area contributed by atoms with Gasteiger partial charge in [-0.3, -0.25) is 19.2 Å². The van der Waals surface area contributed by atoms with Crippen LogP contribution in [-0.4, -0.2) is 70.7 Å². The van der Waals surface area contributed by atoms with E-state index in [0.717, 1.165) is 0 Å². The Morgan fingerprint density at radius 3 is 2.52 bits per heavy atom. The van der Waals surface area contributed by atoms with Gasteiger partial charge in [-0.05, 0) is 50.9 Å². The second-order valence-corrected chi connectivity index (χ2v) is 11.7. The van der Waals surface area contributed by atoms with Crippen LogP contribution >= 0.6 is 0 Å². The molecular weight excluding hydrogens is 422 g/mol. The average molecular weight is 458 g/mol. The third-order valence-corrected chi connectivity index (χ3v) is 8.20. The number of carbonyl (C=O) groups is 4. The van der Waals surface area contributed by atoms with E-state index in [2.05, 4.69) is 30.6 Å². The molecule has 0 aromatic carbocycles. The number of nitriles is 1. The predicted molar refractivity (Wildman–Crippen MR) is 119 cm³/mol. The van der Waals surface area contributed by atoms with Gasteiger partial charge in [-0.1, -0.05) is 13.8 Å². The lowest BCUT2D eigenvalue weighted by Crippen LogP contribution is -2.53. The molecule has 4 fully saturated rings. The molecule has 4 aliphatic rings. The topological polar surface area (TPSA) is 123 Å². The monoisotopic (exact) mass is 457 g/mol. The summed E-state index contributed by atoms with van der Waals surface area (Å²) < 4.78 is 0. The summed E-state index contributed by atoms with van der Waals surface area (Å²) in [6, 6.07) is 0.681. The maximum atomic E-state index is 13.5. The van der Waals surface area contributed by atoms with Gasteiger partial charge >= 0.3 is 0 Å². The zero-order valence-corrected chi connectivity index (χ0v) is 20.2. The molecule has 0 aromatic rings. The van der Waals surface area contributed by atoms with E-state index in [0.29, 0.717) is 26.1 Å². The molecule has 4 amide bonds. The number of rotatable bonds is 5. The summed E-state index contributed by atoms with van der Waals surface area (Å²) in [6.45, 7) is 11.5. The Bertz CT molecular complexity index is 917. The van der Waals surface area contributed by atoms with Gasteiger partial charge in [0.25, 0.3) is 0 Å². The Hall–Kier alpha value is -2.63. The number of nitrogens with zero attached hydrogens (tertiary/aromatic N) is 3. The standard InChI is InChI=1S/C24H35N5O4/c1-23(2,3)29-11-14(9-17(29)30)22(33)28-12-16-18(24(16,4)5)19(28)21(32)27-15(10-25)8-13-6-7-26-20(13)31/h13-16,18-19H,6-9,11-12H2,1-5H3,(H,26,31)(H,27,32)/t13-,14+,15-,16-,18-,19-/m0/s1. The zero-order chi connectivity index (χ0) is 24.3. The van der Waals surface area contributed by atoms with Crippen molar-refractivity contribution in [2.24, 2.45) is 29.1 Å². The van der Waals surface area contributed by atoms with Crippen LogP contribution in [0.15, 0.2) is 0 Å². The van der Waals surface area contributed by atoms with E-state index in [1.807, 2.05) is 20.8 Å². The highest BCUT2D eigenvalue weighted by molar-refractivity contribution is 5.94. The Balaban J connectivity index is 1.47. The number of nitrogens with one attached hydrogen (secondary N) is 2. The van der Waals surface area contributed by atoms with E-state index in [1.54, 1.807) is 9.80 Å². The van der Waals surface area contributed by atoms with Crippen LogP contribution in [0.25, 0.3) is 0 Å². The Morgan fingerprint density at radius 2 is 1.97 bits per heavy atom. The highest BCUT2D eigenvalue weighted by Crippen LogP contribution is 2.65. The van der Waals surface area contributed by atoms with Crippen molar-refractivity contribution in [3.63, 3.8) is 0 Å². The van der Waals surface area contributed by atoms with Crippen molar-refractivity contribution in [2.45, 2.75) is 71.5 Å². The largest absolute Gasteiger partial charge is 0.356 e. The summed E-state index contributed by atoms with van der Waals surface area (Å²) in [5.74, 6) is -1.08. The first kappa shape index (κ1) is 23.5. The van der Waals surface area contributed by atoms with Gasteiger partial charge in [0.15, 0.2) is 0 Å². The molecule has 0 spiro atoms. The molecule has 6 atom stereocenters. The van der Waals surface area contributed by atoms with Crippen LogP contribution in [0.2, 0.25) is 0 Å². The van der Waals surface area contributed by atoms with Gasteiger partial charge in [-0.15, -0.1) is 0 Å². The van der Waals surface area contributed by atoms with Crippen molar-refractivity contribution < 1.29 is 19.2 Å².